The molecule has 0 aromatic rings. The van der Waals surface area contributed by atoms with Gasteiger partial charge in [0.1, 0.15) is 0 Å². The van der Waals surface area contributed by atoms with Gasteiger partial charge in [-0.25, -0.2) is 0 Å². The summed E-state index contributed by atoms with van der Waals surface area (Å²) in [6.45, 7) is 2.12. The Labute approximate surface area is 71.7 Å². The highest BCUT2D eigenvalue weighted by Gasteiger charge is 2.44. The molecule has 0 aromatic heterocycles. The molecule has 0 spiro atoms. The van der Waals surface area contributed by atoms with E-state index in [1.165, 1.54) is 0 Å². The van der Waals surface area contributed by atoms with Gasteiger partial charge in [-0.05, 0) is 24.7 Å². The van der Waals surface area contributed by atoms with Gasteiger partial charge in [0.15, 0.2) is 0 Å². The number of hydrogen-bond acceptors (Lipinski definition) is 3. The zero-order valence-electron chi connectivity index (χ0n) is 7.19. The lowest BCUT2D eigenvalue weighted by atomic mass is 9.86. The minimum Gasteiger partial charge on any atom is -0.436 e. The largest absolute Gasteiger partial charge is 0.436 e. The van der Waals surface area contributed by atoms with E-state index in [0.29, 0.717) is 18.3 Å². The third-order valence-corrected chi connectivity index (χ3v) is 3.20. The zero-order valence-corrected chi connectivity index (χ0v) is 7.19. The lowest BCUT2D eigenvalue weighted by Gasteiger charge is -2.31. The first-order valence-electron chi connectivity index (χ1n) is 4.56. The molecular formula is C9H14O3. The van der Waals surface area contributed by atoms with Gasteiger partial charge >= 0.3 is 5.97 Å². The fourth-order valence-corrected chi connectivity index (χ4v) is 2.55. The van der Waals surface area contributed by atoms with Gasteiger partial charge in [0.05, 0.1) is 0 Å². The molecular weight excluding hydrogens is 156 g/mol. The van der Waals surface area contributed by atoms with E-state index in [2.05, 4.69) is 6.92 Å². The lowest BCUT2D eigenvalue weighted by Crippen LogP contribution is -2.38. The molecule has 3 nitrogen and oxygen atoms in total. The van der Waals surface area contributed by atoms with E-state index in [1.807, 2.05) is 0 Å². The van der Waals surface area contributed by atoms with Gasteiger partial charge in [0, 0.05) is 12.3 Å². The van der Waals surface area contributed by atoms with Crippen LogP contribution in [0.4, 0.5) is 0 Å². The fraction of sp³-hybridized carbons (Fsp3) is 0.889. The van der Waals surface area contributed by atoms with Crippen molar-refractivity contribution in [1.82, 2.24) is 0 Å². The summed E-state index contributed by atoms with van der Waals surface area (Å²) in [5, 5.41) is 9.48. The molecule has 0 aromatic carbocycles. The third kappa shape index (κ3) is 1.12. The zero-order chi connectivity index (χ0) is 8.72. The lowest BCUT2D eigenvalue weighted by molar-refractivity contribution is -0.197. The van der Waals surface area contributed by atoms with Crippen LogP contribution in [0.2, 0.25) is 0 Å². The monoisotopic (exact) mass is 170 g/mol. The first-order valence-corrected chi connectivity index (χ1v) is 4.56. The topological polar surface area (TPSA) is 46.5 Å². The van der Waals surface area contributed by atoms with Gasteiger partial charge in [-0.2, -0.15) is 0 Å². The van der Waals surface area contributed by atoms with Crippen molar-refractivity contribution in [3.63, 3.8) is 0 Å². The Balaban J connectivity index is 2.14. The summed E-state index contributed by atoms with van der Waals surface area (Å²) in [5.74, 6) is 0.829. The number of aliphatic hydroxyl groups is 1. The van der Waals surface area contributed by atoms with E-state index in [1.54, 1.807) is 0 Å². The molecule has 0 bridgehead atoms. The van der Waals surface area contributed by atoms with E-state index in [4.69, 9.17) is 4.74 Å². The van der Waals surface area contributed by atoms with Crippen LogP contribution < -0.4 is 0 Å². The smallest absolute Gasteiger partial charge is 0.308 e. The van der Waals surface area contributed by atoms with E-state index in [-0.39, 0.29) is 11.9 Å². The average molecular weight is 170 g/mol. The third-order valence-electron chi connectivity index (χ3n) is 3.20. The summed E-state index contributed by atoms with van der Waals surface area (Å²) in [7, 11) is 0. The molecule has 1 aliphatic heterocycles. The van der Waals surface area contributed by atoms with Gasteiger partial charge in [-0.1, -0.05) is 6.92 Å². The van der Waals surface area contributed by atoms with Crippen LogP contribution in [0, 0.1) is 17.8 Å². The number of ether oxygens (including phenoxy) is 1. The second-order valence-corrected chi connectivity index (χ2v) is 3.98. The highest BCUT2D eigenvalue weighted by Crippen LogP contribution is 2.43. The molecule has 2 rings (SSSR count). The molecule has 1 aliphatic carbocycles. The van der Waals surface area contributed by atoms with Crippen molar-refractivity contribution in [2.75, 3.05) is 0 Å². The maximum Gasteiger partial charge on any atom is 0.308 e. The molecule has 2 fully saturated rings. The minimum atomic E-state index is -0.839. The standard InChI is InChI=1S/C9H14O3/c1-5-2-3-6-4-7(10)12-9(11)8(5)6/h5-6,8-9,11H,2-4H2,1H3/t5-,6+,8+,9?/m1/s1. The maximum atomic E-state index is 10.9. The highest BCUT2D eigenvalue weighted by atomic mass is 16.6. The van der Waals surface area contributed by atoms with Crippen LogP contribution >= 0.6 is 0 Å². The molecule has 12 heavy (non-hydrogen) atoms. The average Bonchev–Trinajstić information content (AvgIpc) is 2.31. The number of fused-ring (bicyclic) bond motifs is 1. The molecule has 1 heterocycles. The first kappa shape index (κ1) is 8.05. The Morgan fingerprint density at radius 1 is 1.50 bits per heavy atom. The maximum absolute atomic E-state index is 10.9. The molecule has 68 valence electrons. The van der Waals surface area contributed by atoms with Crippen LogP contribution in [-0.2, 0) is 9.53 Å². The predicted octanol–water partition coefficient (Wildman–Crippen LogP) is 0.914. The number of esters is 1. The normalized spacial score (nSPS) is 47.0. The molecule has 3 heteroatoms. The fourth-order valence-electron chi connectivity index (χ4n) is 2.55. The number of rotatable bonds is 0. The van der Waals surface area contributed by atoms with E-state index in [9.17, 15) is 9.90 Å². The second kappa shape index (κ2) is 2.73. The Morgan fingerprint density at radius 3 is 3.00 bits per heavy atom. The van der Waals surface area contributed by atoms with Gasteiger partial charge in [0.2, 0.25) is 6.29 Å². The molecule has 2 aliphatic rings. The van der Waals surface area contributed by atoms with Crippen molar-refractivity contribution >= 4 is 5.97 Å². The van der Waals surface area contributed by atoms with Crippen LogP contribution in [0.5, 0.6) is 0 Å². The van der Waals surface area contributed by atoms with E-state index >= 15 is 0 Å². The Kier molecular flexibility index (Phi) is 1.83. The van der Waals surface area contributed by atoms with Crippen molar-refractivity contribution in [1.29, 1.82) is 0 Å². The van der Waals surface area contributed by atoms with Crippen molar-refractivity contribution in [3.8, 4) is 0 Å². The molecule has 1 saturated heterocycles. The SMILES string of the molecule is C[C@@H]1CC[C@H]2CC(=O)OC(O)[C@H]21. The van der Waals surface area contributed by atoms with E-state index in [0.717, 1.165) is 12.8 Å². The molecule has 1 saturated carbocycles. The Bertz CT molecular complexity index is 202. The van der Waals surface area contributed by atoms with Gasteiger partial charge < -0.3 is 9.84 Å². The molecule has 1 N–H and O–H groups in total. The number of aliphatic hydroxyl groups excluding tert-OH is 1. The molecule has 4 atom stereocenters. The quantitative estimate of drug-likeness (QED) is 0.550. The van der Waals surface area contributed by atoms with Gasteiger partial charge in [-0.3, -0.25) is 4.79 Å². The summed E-state index contributed by atoms with van der Waals surface area (Å²) in [4.78, 5) is 10.9. The minimum absolute atomic E-state index is 0.197. The van der Waals surface area contributed by atoms with Crippen LogP contribution in [0.3, 0.4) is 0 Å². The van der Waals surface area contributed by atoms with Crippen LogP contribution in [0.1, 0.15) is 26.2 Å². The Morgan fingerprint density at radius 2 is 2.25 bits per heavy atom. The van der Waals surface area contributed by atoms with Crippen molar-refractivity contribution in [2.45, 2.75) is 32.5 Å². The number of cyclic esters (lactones) is 1. The summed E-state index contributed by atoms with van der Waals surface area (Å²) >= 11 is 0. The highest BCUT2D eigenvalue weighted by molar-refractivity contribution is 5.70. The summed E-state index contributed by atoms with van der Waals surface area (Å²) in [6, 6.07) is 0. The van der Waals surface area contributed by atoms with Gasteiger partial charge in [-0.15, -0.1) is 0 Å². The van der Waals surface area contributed by atoms with Crippen LogP contribution in [0.15, 0.2) is 0 Å². The molecule has 1 unspecified atom stereocenters. The second-order valence-electron chi connectivity index (χ2n) is 3.98. The van der Waals surface area contributed by atoms with Crippen molar-refractivity contribution < 1.29 is 14.6 Å². The summed E-state index contributed by atoms with van der Waals surface area (Å²) in [6.07, 6.45) is 1.85. The number of hydrogen-bond donors (Lipinski definition) is 1. The summed E-state index contributed by atoms with van der Waals surface area (Å²) in [5.41, 5.74) is 0. The van der Waals surface area contributed by atoms with Crippen molar-refractivity contribution in [3.05, 3.63) is 0 Å². The van der Waals surface area contributed by atoms with Gasteiger partial charge in [0.25, 0.3) is 0 Å². The molecule has 0 radical (unpaired) electrons. The van der Waals surface area contributed by atoms with Crippen LogP contribution in [0.25, 0.3) is 0 Å². The van der Waals surface area contributed by atoms with Crippen LogP contribution in [-0.4, -0.2) is 17.4 Å². The Hall–Kier alpha value is -0.570. The molecule has 0 amide bonds. The number of carbonyl (C=O) groups is 1. The number of carbonyl (C=O) groups excluding carboxylic acids is 1. The first-order chi connectivity index (χ1) is 5.68. The van der Waals surface area contributed by atoms with E-state index < -0.39 is 6.29 Å². The van der Waals surface area contributed by atoms with Crippen molar-refractivity contribution in [2.24, 2.45) is 17.8 Å². The summed E-state index contributed by atoms with van der Waals surface area (Å²) < 4.78 is 4.79. The predicted molar refractivity (Wildman–Crippen MR) is 42.1 cm³/mol.